The molecule has 4 nitrogen and oxygen atoms in total. The number of halogens is 2. The van der Waals surface area contributed by atoms with Gasteiger partial charge in [-0.1, -0.05) is 56.1 Å². The molecular formula is C23H30BrFN2O2. The van der Waals surface area contributed by atoms with E-state index in [1.807, 2.05) is 6.92 Å². The van der Waals surface area contributed by atoms with Crippen molar-refractivity contribution in [3.63, 3.8) is 0 Å². The van der Waals surface area contributed by atoms with E-state index in [4.69, 9.17) is 4.99 Å². The summed E-state index contributed by atoms with van der Waals surface area (Å²) in [5, 5.41) is 20.6. The highest BCUT2D eigenvalue weighted by atomic mass is 79.9. The van der Waals surface area contributed by atoms with Crippen LogP contribution < -0.4 is 0 Å². The molecule has 0 spiro atoms. The molecule has 1 N–H and O–H groups in total. The quantitative estimate of drug-likeness (QED) is 0.532. The summed E-state index contributed by atoms with van der Waals surface area (Å²) in [6.45, 7) is 10.1. The summed E-state index contributed by atoms with van der Waals surface area (Å²) >= 11 is 3.43. The normalized spacial score (nSPS) is 27.2. The Morgan fingerprint density at radius 3 is 2.55 bits per heavy atom. The minimum atomic E-state index is -1.23. The first-order valence-corrected chi connectivity index (χ1v) is 10.9. The zero-order valence-corrected chi connectivity index (χ0v) is 19.4. The molecule has 1 aliphatic rings. The van der Waals surface area contributed by atoms with E-state index in [0.29, 0.717) is 35.0 Å². The van der Waals surface area contributed by atoms with E-state index in [0.717, 1.165) is 6.42 Å². The molecule has 0 fully saturated rings. The lowest BCUT2D eigenvalue weighted by Gasteiger charge is -2.48. The number of nitrogens with zero attached hydrogens (tertiary/aromatic N) is 2. The van der Waals surface area contributed by atoms with Crippen molar-refractivity contribution in [2.45, 2.75) is 72.3 Å². The Hall–Kier alpha value is -1.74. The maximum absolute atomic E-state index is 13.8. The predicted molar refractivity (Wildman–Crippen MR) is 117 cm³/mol. The molecule has 6 heteroatoms. The number of aliphatic carboxylic acids is 1. The molecule has 1 aromatic carbocycles. The Kier molecular flexibility index (Phi) is 7.27. The molecule has 29 heavy (non-hydrogen) atoms. The maximum Gasteiger partial charge on any atom is 0.312 e. The van der Waals surface area contributed by atoms with E-state index >= 15 is 0 Å². The lowest BCUT2D eigenvalue weighted by atomic mass is 9.56. The van der Waals surface area contributed by atoms with Crippen LogP contribution in [-0.4, -0.2) is 22.8 Å². The molecule has 0 bridgehead atoms. The number of carboxylic acid groups (broad SMARTS) is 1. The lowest BCUT2D eigenvalue weighted by molar-refractivity contribution is -0.154. The highest BCUT2D eigenvalue weighted by molar-refractivity contribution is 9.10. The SMILES string of the molecule is CCCC1N=C(C)C(C#N)C(c2ccc(F)cc2Br)C1(CCC(C)(C)C)C(=O)O. The van der Waals surface area contributed by atoms with E-state index < -0.39 is 35.1 Å². The first-order valence-electron chi connectivity index (χ1n) is 10.1. The third kappa shape index (κ3) is 4.71. The smallest absolute Gasteiger partial charge is 0.312 e. The van der Waals surface area contributed by atoms with Gasteiger partial charge in [0, 0.05) is 16.1 Å². The zero-order valence-electron chi connectivity index (χ0n) is 17.8. The minimum Gasteiger partial charge on any atom is -0.481 e. The second kappa shape index (κ2) is 8.95. The van der Waals surface area contributed by atoms with Crippen molar-refractivity contribution in [1.82, 2.24) is 0 Å². The highest BCUT2D eigenvalue weighted by Gasteiger charge is 2.58. The van der Waals surface area contributed by atoms with E-state index in [2.05, 4.69) is 42.8 Å². The van der Waals surface area contributed by atoms with Crippen LogP contribution in [0.1, 0.15) is 71.8 Å². The van der Waals surface area contributed by atoms with E-state index in [1.165, 1.54) is 12.1 Å². The summed E-state index contributed by atoms with van der Waals surface area (Å²) in [7, 11) is 0. The number of carbonyl (C=O) groups is 1. The molecular weight excluding hydrogens is 435 g/mol. The van der Waals surface area contributed by atoms with Crippen molar-refractivity contribution < 1.29 is 14.3 Å². The summed E-state index contributed by atoms with van der Waals surface area (Å²) in [4.78, 5) is 17.7. The molecule has 158 valence electrons. The van der Waals surface area contributed by atoms with Crippen molar-refractivity contribution >= 4 is 27.6 Å². The van der Waals surface area contributed by atoms with Crippen LogP contribution in [0, 0.1) is 33.9 Å². The van der Waals surface area contributed by atoms with Crippen LogP contribution in [-0.2, 0) is 4.79 Å². The Morgan fingerprint density at radius 1 is 1.41 bits per heavy atom. The summed E-state index contributed by atoms with van der Waals surface area (Å²) in [5.74, 6) is -2.63. The van der Waals surface area contributed by atoms with Crippen LogP contribution in [0.3, 0.4) is 0 Å². The first kappa shape index (κ1) is 23.5. The van der Waals surface area contributed by atoms with Gasteiger partial charge in [-0.3, -0.25) is 9.79 Å². The van der Waals surface area contributed by atoms with Crippen molar-refractivity contribution in [3.05, 3.63) is 34.1 Å². The summed E-state index contributed by atoms with van der Waals surface area (Å²) < 4.78 is 14.3. The van der Waals surface area contributed by atoms with Gasteiger partial charge in [0.25, 0.3) is 0 Å². The Balaban J connectivity index is 2.80. The molecule has 0 saturated heterocycles. The topological polar surface area (TPSA) is 73.5 Å². The number of hydrogen-bond acceptors (Lipinski definition) is 3. The molecule has 1 heterocycles. The van der Waals surface area contributed by atoms with Crippen LogP contribution >= 0.6 is 15.9 Å². The van der Waals surface area contributed by atoms with Crippen molar-refractivity contribution in [3.8, 4) is 6.07 Å². The molecule has 1 aromatic rings. The van der Waals surface area contributed by atoms with Gasteiger partial charge >= 0.3 is 5.97 Å². The van der Waals surface area contributed by atoms with Gasteiger partial charge in [0.05, 0.1) is 23.4 Å². The molecule has 0 aromatic heterocycles. The number of benzene rings is 1. The van der Waals surface area contributed by atoms with Gasteiger partial charge in [-0.2, -0.15) is 5.26 Å². The van der Waals surface area contributed by atoms with Gasteiger partial charge in [-0.25, -0.2) is 4.39 Å². The summed E-state index contributed by atoms with van der Waals surface area (Å²) in [5.41, 5.74) is 0.00973. The van der Waals surface area contributed by atoms with Crippen LogP contribution in [0.2, 0.25) is 0 Å². The molecule has 0 amide bonds. The Bertz CT molecular complexity index is 840. The van der Waals surface area contributed by atoms with Gasteiger partial charge in [-0.15, -0.1) is 0 Å². The Labute approximate surface area is 181 Å². The fourth-order valence-corrected chi connectivity index (χ4v) is 5.05. The molecule has 0 aliphatic carbocycles. The molecule has 0 saturated carbocycles. The fourth-order valence-electron chi connectivity index (χ4n) is 4.45. The zero-order chi connectivity index (χ0) is 22.0. The van der Waals surface area contributed by atoms with Gasteiger partial charge in [0.2, 0.25) is 0 Å². The Morgan fingerprint density at radius 2 is 2.07 bits per heavy atom. The molecule has 4 unspecified atom stereocenters. The average molecular weight is 465 g/mol. The highest BCUT2D eigenvalue weighted by Crippen LogP contribution is 2.55. The molecule has 0 radical (unpaired) electrons. The second-order valence-electron chi connectivity index (χ2n) is 9.23. The average Bonchev–Trinajstić information content (AvgIpc) is 2.60. The van der Waals surface area contributed by atoms with E-state index in [-0.39, 0.29) is 5.41 Å². The fraction of sp³-hybridized carbons (Fsp3) is 0.609. The van der Waals surface area contributed by atoms with Crippen molar-refractivity contribution in [2.24, 2.45) is 21.7 Å². The van der Waals surface area contributed by atoms with E-state index in [9.17, 15) is 19.6 Å². The predicted octanol–water partition coefficient (Wildman–Crippen LogP) is 6.35. The number of carboxylic acids is 1. The van der Waals surface area contributed by atoms with Gasteiger partial charge in [0.15, 0.2) is 0 Å². The van der Waals surface area contributed by atoms with Crippen LogP contribution in [0.5, 0.6) is 0 Å². The molecule has 1 aliphatic heterocycles. The monoisotopic (exact) mass is 464 g/mol. The number of rotatable bonds is 6. The van der Waals surface area contributed by atoms with Crippen LogP contribution in [0.25, 0.3) is 0 Å². The van der Waals surface area contributed by atoms with Gasteiger partial charge < -0.3 is 5.11 Å². The third-order valence-electron chi connectivity index (χ3n) is 5.98. The van der Waals surface area contributed by atoms with Gasteiger partial charge in [0.1, 0.15) is 5.82 Å². The second-order valence-corrected chi connectivity index (χ2v) is 10.1. The van der Waals surface area contributed by atoms with Crippen LogP contribution in [0.15, 0.2) is 27.7 Å². The standard InChI is InChI=1S/C23H30BrFN2O2/c1-6-7-19-23(21(28)29,11-10-22(3,4)5)20(17(13-26)14(2)27-19)16-9-8-15(25)12-18(16)24/h8-9,12,17,19-20H,6-7,10-11H2,1-5H3,(H,28,29). The van der Waals surface area contributed by atoms with E-state index in [1.54, 1.807) is 13.0 Å². The number of aliphatic imine (C=N–C) groups is 1. The summed E-state index contributed by atoms with van der Waals surface area (Å²) in [6, 6.07) is 6.17. The summed E-state index contributed by atoms with van der Waals surface area (Å²) in [6.07, 6.45) is 2.50. The third-order valence-corrected chi connectivity index (χ3v) is 6.66. The van der Waals surface area contributed by atoms with Gasteiger partial charge in [-0.05, 0) is 49.3 Å². The number of hydrogen-bond donors (Lipinski definition) is 1. The first-order chi connectivity index (χ1) is 13.5. The van der Waals surface area contributed by atoms with Crippen molar-refractivity contribution in [1.29, 1.82) is 5.26 Å². The largest absolute Gasteiger partial charge is 0.481 e. The molecule has 2 rings (SSSR count). The van der Waals surface area contributed by atoms with Crippen LogP contribution in [0.4, 0.5) is 4.39 Å². The molecule has 4 atom stereocenters. The minimum absolute atomic E-state index is 0.0673. The maximum atomic E-state index is 13.8. The number of nitriles is 1. The van der Waals surface area contributed by atoms with Crippen molar-refractivity contribution in [2.75, 3.05) is 0 Å². The lowest BCUT2D eigenvalue weighted by Crippen LogP contribution is -2.53.